The van der Waals surface area contributed by atoms with Gasteiger partial charge in [-0.3, -0.25) is 9.78 Å². The maximum Gasteiger partial charge on any atom is 0.252 e. The van der Waals surface area contributed by atoms with Gasteiger partial charge >= 0.3 is 0 Å². The first kappa shape index (κ1) is 28.7. The minimum absolute atomic E-state index is 0.260. The second kappa shape index (κ2) is 12.3. The van der Waals surface area contributed by atoms with Gasteiger partial charge in [-0.15, -0.1) is 0 Å². The maximum absolute atomic E-state index is 12.4. The van der Waals surface area contributed by atoms with Crippen LogP contribution in [0.5, 0.6) is 11.5 Å². The van der Waals surface area contributed by atoms with Gasteiger partial charge in [0, 0.05) is 41.8 Å². The molecule has 0 spiro atoms. The van der Waals surface area contributed by atoms with Crippen molar-refractivity contribution in [2.45, 2.75) is 38.6 Å². The van der Waals surface area contributed by atoms with Gasteiger partial charge in [0.25, 0.3) is 5.91 Å². The van der Waals surface area contributed by atoms with Crippen molar-refractivity contribution in [1.82, 2.24) is 4.98 Å². The molecule has 0 saturated heterocycles. The summed E-state index contributed by atoms with van der Waals surface area (Å²) in [7, 11) is -3.26. The summed E-state index contributed by atoms with van der Waals surface area (Å²) in [5, 5.41) is 7.52. The van der Waals surface area contributed by atoms with E-state index in [1.54, 1.807) is 30.3 Å². The Bertz CT molecular complexity index is 1640. The first-order valence-corrected chi connectivity index (χ1v) is 15.0. The van der Waals surface area contributed by atoms with Crippen molar-refractivity contribution in [3.05, 3.63) is 77.5 Å². The minimum Gasteiger partial charge on any atom is -0.490 e. The Kier molecular flexibility index (Phi) is 8.79. The van der Waals surface area contributed by atoms with Crippen LogP contribution >= 0.6 is 0 Å². The molecule has 10 heteroatoms. The van der Waals surface area contributed by atoms with Gasteiger partial charge in [-0.05, 0) is 67.8 Å². The number of anilines is 3. The summed E-state index contributed by atoms with van der Waals surface area (Å²) in [5.74, 6) is 0.532. The van der Waals surface area contributed by atoms with E-state index in [9.17, 15) is 13.2 Å². The maximum atomic E-state index is 12.4. The Morgan fingerprint density at radius 1 is 0.975 bits per heavy atom. The summed E-state index contributed by atoms with van der Waals surface area (Å²) >= 11 is 0. The monoisotopic (exact) mass is 562 g/mol. The predicted octanol–water partition coefficient (Wildman–Crippen LogP) is 5.45. The predicted molar refractivity (Wildman–Crippen MR) is 159 cm³/mol. The fraction of sp³-hybridized carbons (Fsp3) is 0.267. The standard InChI is InChI=1S/C30H34N4O5S/c1-5-22-19(17-32-20-11-13-21(14-12-20)40(4,36)37)9-8-10-25(22)34-29-23-15-27(38-6-2)28(39-7-3)16-26(23)33-18-24(29)30(31)35/h8-16,18,32H,5-7,17H2,1-4H3,(H2,31,35)(H,33,34). The van der Waals surface area contributed by atoms with Gasteiger partial charge in [0.15, 0.2) is 21.3 Å². The number of pyridine rings is 1. The zero-order valence-electron chi connectivity index (χ0n) is 23.1. The van der Waals surface area contributed by atoms with E-state index in [4.69, 9.17) is 15.2 Å². The van der Waals surface area contributed by atoms with Crippen LogP contribution in [-0.4, -0.2) is 38.8 Å². The molecule has 1 amide bonds. The molecule has 0 unspecified atom stereocenters. The number of fused-ring (bicyclic) bond motifs is 1. The fourth-order valence-corrected chi connectivity index (χ4v) is 5.18. The molecule has 9 nitrogen and oxygen atoms in total. The van der Waals surface area contributed by atoms with E-state index in [0.29, 0.717) is 47.8 Å². The van der Waals surface area contributed by atoms with Crippen molar-refractivity contribution in [3.63, 3.8) is 0 Å². The number of hydrogen-bond donors (Lipinski definition) is 3. The molecule has 40 heavy (non-hydrogen) atoms. The van der Waals surface area contributed by atoms with E-state index in [1.165, 1.54) is 12.5 Å². The van der Waals surface area contributed by atoms with Crippen LogP contribution < -0.4 is 25.8 Å². The molecule has 3 aromatic carbocycles. The molecule has 1 aromatic heterocycles. The van der Waals surface area contributed by atoms with Crippen LogP contribution in [0.4, 0.5) is 17.1 Å². The Morgan fingerprint density at radius 3 is 2.25 bits per heavy atom. The fourth-order valence-electron chi connectivity index (χ4n) is 4.54. The van der Waals surface area contributed by atoms with Crippen molar-refractivity contribution in [2.75, 3.05) is 30.1 Å². The number of benzene rings is 3. The second-order valence-electron chi connectivity index (χ2n) is 9.17. The number of rotatable bonds is 12. The highest BCUT2D eigenvalue weighted by molar-refractivity contribution is 7.90. The number of sulfone groups is 1. The summed E-state index contributed by atoms with van der Waals surface area (Å²) < 4.78 is 35.1. The van der Waals surface area contributed by atoms with Crippen LogP contribution in [-0.2, 0) is 22.8 Å². The normalized spacial score (nSPS) is 11.3. The van der Waals surface area contributed by atoms with Gasteiger partial charge in [-0.1, -0.05) is 19.1 Å². The lowest BCUT2D eigenvalue weighted by Crippen LogP contribution is -2.15. The summed E-state index contributed by atoms with van der Waals surface area (Å²) in [6.45, 7) is 7.29. The number of primary amides is 1. The molecule has 0 saturated carbocycles. The van der Waals surface area contributed by atoms with Gasteiger partial charge in [-0.2, -0.15) is 0 Å². The van der Waals surface area contributed by atoms with E-state index in [-0.39, 0.29) is 10.5 Å². The SMILES string of the molecule is CCOc1cc2ncc(C(N)=O)c(Nc3cccc(CNc4ccc(S(C)(=O)=O)cc4)c3CC)c2cc1OCC. The molecular weight excluding hydrogens is 528 g/mol. The number of carbonyl (C=O) groups is 1. The quantitative estimate of drug-likeness (QED) is 0.208. The van der Waals surface area contributed by atoms with Crippen LogP contribution in [0.1, 0.15) is 42.3 Å². The number of carbonyl (C=O) groups excluding carboxylic acids is 1. The number of aromatic nitrogens is 1. The third-order valence-corrected chi connectivity index (χ3v) is 7.58. The van der Waals surface area contributed by atoms with Gasteiger partial charge < -0.3 is 25.8 Å². The van der Waals surface area contributed by atoms with Gasteiger partial charge in [0.1, 0.15) is 0 Å². The highest BCUT2D eigenvalue weighted by Gasteiger charge is 2.19. The summed E-state index contributed by atoms with van der Waals surface area (Å²) in [6.07, 6.45) is 3.38. The molecule has 0 bridgehead atoms. The molecule has 0 atom stereocenters. The average Bonchev–Trinajstić information content (AvgIpc) is 2.92. The van der Waals surface area contributed by atoms with Crippen LogP contribution in [0, 0.1) is 0 Å². The average molecular weight is 563 g/mol. The lowest BCUT2D eigenvalue weighted by molar-refractivity contribution is 0.100. The van der Waals surface area contributed by atoms with Gasteiger partial charge in [0.2, 0.25) is 0 Å². The Hall–Kier alpha value is -4.31. The number of amides is 1. The third kappa shape index (κ3) is 6.28. The number of nitrogens with one attached hydrogen (secondary N) is 2. The van der Waals surface area contributed by atoms with Crippen molar-refractivity contribution in [3.8, 4) is 11.5 Å². The molecule has 4 aromatic rings. The van der Waals surface area contributed by atoms with Crippen LogP contribution in [0.25, 0.3) is 10.9 Å². The molecule has 4 rings (SSSR count). The van der Waals surface area contributed by atoms with Crippen molar-refractivity contribution in [2.24, 2.45) is 5.73 Å². The molecule has 1 heterocycles. The molecule has 0 aliphatic heterocycles. The number of nitrogens with two attached hydrogens (primary N) is 1. The lowest BCUT2D eigenvalue weighted by atomic mass is 10.0. The Labute approximate surface area is 234 Å². The third-order valence-electron chi connectivity index (χ3n) is 6.45. The Balaban J connectivity index is 1.72. The first-order valence-electron chi connectivity index (χ1n) is 13.1. The van der Waals surface area contributed by atoms with E-state index < -0.39 is 15.7 Å². The molecule has 4 N–H and O–H groups in total. The van der Waals surface area contributed by atoms with E-state index >= 15 is 0 Å². The Morgan fingerprint density at radius 2 is 1.65 bits per heavy atom. The zero-order valence-corrected chi connectivity index (χ0v) is 23.9. The smallest absolute Gasteiger partial charge is 0.252 e. The summed E-state index contributed by atoms with van der Waals surface area (Å²) in [4.78, 5) is 17.2. The highest BCUT2D eigenvalue weighted by Crippen LogP contribution is 2.38. The minimum atomic E-state index is -3.26. The highest BCUT2D eigenvalue weighted by atomic mass is 32.2. The molecule has 0 fully saturated rings. The molecule has 0 aliphatic rings. The van der Waals surface area contributed by atoms with Gasteiger partial charge in [-0.25, -0.2) is 8.42 Å². The summed E-state index contributed by atoms with van der Waals surface area (Å²) in [6, 6.07) is 16.2. The van der Waals surface area contributed by atoms with Crippen molar-refractivity contribution in [1.29, 1.82) is 0 Å². The number of nitrogens with zero attached hydrogens (tertiary/aromatic N) is 1. The van der Waals surface area contributed by atoms with Crippen LogP contribution in [0.15, 0.2) is 65.7 Å². The van der Waals surface area contributed by atoms with Crippen LogP contribution in [0.2, 0.25) is 0 Å². The van der Waals surface area contributed by atoms with Crippen LogP contribution in [0.3, 0.4) is 0 Å². The van der Waals surface area contributed by atoms with E-state index in [1.807, 2.05) is 38.1 Å². The zero-order chi connectivity index (χ0) is 28.9. The largest absolute Gasteiger partial charge is 0.490 e. The number of ether oxygens (including phenoxy) is 2. The molecule has 0 aliphatic carbocycles. The van der Waals surface area contributed by atoms with E-state index in [0.717, 1.165) is 28.9 Å². The summed E-state index contributed by atoms with van der Waals surface area (Å²) in [5.41, 5.74) is 10.9. The van der Waals surface area contributed by atoms with Gasteiger partial charge in [0.05, 0.1) is 34.9 Å². The first-order chi connectivity index (χ1) is 19.2. The van der Waals surface area contributed by atoms with Crippen molar-refractivity contribution < 1.29 is 22.7 Å². The number of hydrogen-bond acceptors (Lipinski definition) is 8. The van der Waals surface area contributed by atoms with E-state index in [2.05, 4.69) is 22.5 Å². The molecule has 210 valence electrons. The lowest BCUT2D eigenvalue weighted by Gasteiger charge is -2.20. The second-order valence-corrected chi connectivity index (χ2v) is 11.2. The topological polar surface area (TPSA) is 133 Å². The van der Waals surface area contributed by atoms with Crippen molar-refractivity contribution >= 4 is 43.7 Å². The molecule has 0 radical (unpaired) electrons. The molecular formula is C30H34N4O5S.